The average molecular weight is 264 g/mol. The summed E-state index contributed by atoms with van der Waals surface area (Å²) in [6, 6.07) is 13.8. The van der Waals surface area contributed by atoms with E-state index in [2.05, 4.69) is 18.2 Å². The van der Waals surface area contributed by atoms with Crippen LogP contribution in [-0.4, -0.2) is 0 Å². The highest BCUT2D eigenvalue weighted by molar-refractivity contribution is 5.52. The van der Waals surface area contributed by atoms with Gasteiger partial charge in [0, 0.05) is 5.69 Å². The summed E-state index contributed by atoms with van der Waals surface area (Å²) in [5.41, 5.74) is 10.1. The summed E-state index contributed by atoms with van der Waals surface area (Å²) in [5.74, 6) is 1.57. The summed E-state index contributed by atoms with van der Waals surface area (Å²) in [6.45, 7) is 0. The highest BCUT2D eigenvalue weighted by Crippen LogP contribution is 2.30. The van der Waals surface area contributed by atoms with E-state index in [0.29, 0.717) is 12.1 Å². The summed E-state index contributed by atoms with van der Waals surface area (Å²) >= 11 is 0. The second-order valence-corrected chi connectivity index (χ2v) is 5.08. The molecule has 2 N–H and O–H groups in total. The van der Waals surface area contributed by atoms with Crippen molar-refractivity contribution in [1.82, 2.24) is 0 Å². The van der Waals surface area contributed by atoms with Crippen LogP contribution >= 0.6 is 0 Å². The van der Waals surface area contributed by atoms with E-state index < -0.39 is 0 Å². The van der Waals surface area contributed by atoms with Gasteiger partial charge in [-0.1, -0.05) is 6.07 Å². The molecule has 0 radical (unpaired) electrons. The molecule has 0 heterocycles. The van der Waals surface area contributed by atoms with Gasteiger partial charge in [-0.25, -0.2) is 0 Å². The number of anilines is 1. The number of nitrogens with zero attached hydrogens (tertiary/aromatic N) is 1. The van der Waals surface area contributed by atoms with Crippen LogP contribution in [0.5, 0.6) is 11.5 Å². The first-order chi connectivity index (χ1) is 9.76. The van der Waals surface area contributed by atoms with Crippen LogP contribution in [0, 0.1) is 11.3 Å². The van der Waals surface area contributed by atoms with Crippen molar-refractivity contribution in [3.63, 3.8) is 0 Å². The lowest BCUT2D eigenvalue weighted by Crippen LogP contribution is -1.94. The van der Waals surface area contributed by atoms with Gasteiger partial charge in [0.15, 0.2) is 0 Å². The highest BCUT2D eigenvalue weighted by atomic mass is 16.5. The summed E-state index contributed by atoms with van der Waals surface area (Å²) in [4.78, 5) is 0. The largest absolute Gasteiger partial charge is 0.457 e. The van der Waals surface area contributed by atoms with Crippen molar-refractivity contribution >= 4 is 5.69 Å². The van der Waals surface area contributed by atoms with E-state index >= 15 is 0 Å². The standard InChI is InChI=1S/C17H16N2O/c18-9-8-14-11-16(6-7-17(14)19)20-15-5-4-12-2-1-3-13(12)10-15/h4-7,10-11H,1-3,8,19H2. The molecular formula is C17H16N2O. The fourth-order valence-corrected chi connectivity index (χ4v) is 2.63. The number of nitrogens with two attached hydrogens (primary N) is 1. The van der Waals surface area contributed by atoms with Crippen LogP contribution in [0.4, 0.5) is 5.69 Å². The lowest BCUT2D eigenvalue weighted by Gasteiger charge is -2.10. The molecule has 0 atom stereocenters. The van der Waals surface area contributed by atoms with Gasteiger partial charge in [-0.05, 0) is 66.3 Å². The van der Waals surface area contributed by atoms with E-state index in [0.717, 1.165) is 23.5 Å². The number of rotatable bonds is 3. The van der Waals surface area contributed by atoms with Crippen molar-refractivity contribution in [2.75, 3.05) is 5.73 Å². The molecule has 0 unspecified atom stereocenters. The van der Waals surface area contributed by atoms with E-state index in [1.165, 1.54) is 24.0 Å². The molecule has 1 aliphatic carbocycles. The van der Waals surface area contributed by atoms with E-state index in [-0.39, 0.29) is 0 Å². The number of ether oxygens (including phenoxy) is 1. The zero-order valence-corrected chi connectivity index (χ0v) is 11.2. The fraction of sp³-hybridized carbons (Fsp3) is 0.235. The third-order valence-corrected chi connectivity index (χ3v) is 3.69. The van der Waals surface area contributed by atoms with E-state index in [4.69, 9.17) is 15.7 Å². The topological polar surface area (TPSA) is 59.0 Å². The molecule has 3 heteroatoms. The Morgan fingerprint density at radius 1 is 1.05 bits per heavy atom. The molecule has 3 rings (SSSR count). The van der Waals surface area contributed by atoms with Crippen LogP contribution < -0.4 is 10.5 Å². The Kier molecular flexibility index (Phi) is 3.30. The average Bonchev–Trinajstić information content (AvgIpc) is 2.90. The summed E-state index contributed by atoms with van der Waals surface area (Å²) in [7, 11) is 0. The smallest absolute Gasteiger partial charge is 0.127 e. The Labute approximate surface area is 118 Å². The van der Waals surface area contributed by atoms with Gasteiger partial charge in [0.25, 0.3) is 0 Å². The number of aryl methyl sites for hydroxylation is 2. The van der Waals surface area contributed by atoms with Gasteiger partial charge >= 0.3 is 0 Å². The Bertz CT molecular complexity index is 686. The predicted octanol–water partition coefficient (Wildman–Crippen LogP) is 3.62. The summed E-state index contributed by atoms with van der Waals surface area (Å²) in [6.07, 6.45) is 3.83. The second kappa shape index (κ2) is 5.26. The zero-order valence-electron chi connectivity index (χ0n) is 11.2. The second-order valence-electron chi connectivity index (χ2n) is 5.08. The predicted molar refractivity (Wildman–Crippen MR) is 78.7 cm³/mol. The van der Waals surface area contributed by atoms with E-state index in [9.17, 15) is 0 Å². The quantitative estimate of drug-likeness (QED) is 0.861. The van der Waals surface area contributed by atoms with Gasteiger partial charge in [-0.3, -0.25) is 0 Å². The van der Waals surface area contributed by atoms with Gasteiger partial charge < -0.3 is 10.5 Å². The number of hydrogen-bond acceptors (Lipinski definition) is 3. The van der Waals surface area contributed by atoms with Crippen molar-refractivity contribution in [2.24, 2.45) is 0 Å². The number of hydrogen-bond donors (Lipinski definition) is 1. The molecule has 0 aliphatic heterocycles. The molecule has 2 aromatic rings. The lowest BCUT2D eigenvalue weighted by atomic mass is 10.1. The Balaban J connectivity index is 1.84. The van der Waals surface area contributed by atoms with Crippen LogP contribution in [0.25, 0.3) is 0 Å². The van der Waals surface area contributed by atoms with Gasteiger partial charge in [-0.15, -0.1) is 0 Å². The van der Waals surface area contributed by atoms with Crippen LogP contribution in [0.15, 0.2) is 36.4 Å². The molecule has 3 nitrogen and oxygen atoms in total. The first-order valence-corrected chi connectivity index (χ1v) is 6.81. The molecule has 20 heavy (non-hydrogen) atoms. The number of nitrogen functional groups attached to an aromatic ring is 1. The molecule has 0 fully saturated rings. The maximum atomic E-state index is 8.78. The van der Waals surface area contributed by atoms with Crippen molar-refractivity contribution in [2.45, 2.75) is 25.7 Å². The molecule has 100 valence electrons. The van der Waals surface area contributed by atoms with Gasteiger partial charge in [0.1, 0.15) is 11.5 Å². The minimum atomic E-state index is 0.299. The first kappa shape index (κ1) is 12.6. The first-order valence-electron chi connectivity index (χ1n) is 6.81. The van der Waals surface area contributed by atoms with Gasteiger partial charge in [0.2, 0.25) is 0 Å². The minimum Gasteiger partial charge on any atom is -0.457 e. The zero-order chi connectivity index (χ0) is 13.9. The molecule has 0 spiro atoms. The van der Waals surface area contributed by atoms with Gasteiger partial charge in [0.05, 0.1) is 12.5 Å². The van der Waals surface area contributed by atoms with Crippen LogP contribution in [0.1, 0.15) is 23.1 Å². The third-order valence-electron chi connectivity index (χ3n) is 3.69. The fourth-order valence-electron chi connectivity index (χ4n) is 2.63. The SMILES string of the molecule is N#CCc1cc(Oc2ccc3c(c2)CCC3)ccc1N. The highest BCUT2D eigenvalue weighted by Gasteiger charge is 2.11. The number of fused-ring (bicyclic) bond motifs is 1. The number of benzene rings is 2. The maximum absolute atomic E-state index is 8.78. The Morgan fingerprint density at radius 3 is 2.65 bits per heavy atom. The monoisotopic (exact) mass is 264 g/mol. The van der Waals surface area contributed by atoms with Crippen molar-refractivity contribution in [3.8, 4) is 17.6 Å². The molecule has 0 aromatic heterocycles. The Morgan fingerprint density at radius 2 is 1.80 bits per heavy atom. The normalized spacial score (nSPS) is 12.8. The Hall–Kier alpha value is -2.47. The van der Waals surface area contributed by atoms with E-state index in [1.807, 2.05) is 18.2 Å². The summed E-state index contributed by atoms with van der Waals surface area (Å²) < 4.78 is 5.88. The minimum absolute atomic E-state index is 0.299. The van der Waals surface area contributed by atoms with E-state index in [1.54, 1.807) is 6.07 Å². The maximum Gasteiger partial charge on any atom is 0.127 e. The molecule has 0 saturated carbocycles. The molecule has 0 saturated heterocycles. The third kappa shape index (κ3) is 2.46. The molecule has 2 aromatic carbocycles. The van der Waals surface area contributed by atoms with Crippen molar-refractivity contribution in [3.05, 3.63) is 53.1 Å². The molecule has 0 bridgehead atoms. The molecule has 0 amide bonds. The summed E-state index contributed by atoms with van der Waals surface area (Å²) in [5, 5.41) is 8.78. The molecule has 1 aliphatic rings. The van der Waals surface area contributed by atoms with Crippen LogP contribution in [-0.2, 0) is 19.3 Å². The van der Waals surface area contributed by atoms with Gasteiger partial charge in [-0.2, -0.15) is 5.26 Å². The van der Waals surface area contributed by atoms with Crippen molar-refractivity contribution in [1.29, 1.82) is 5.26 Å². The lowest BCUT2D eigenvalue weighted by molar-refractivity contribution is 0.481. The van der Waals surface area contributed by atoms with Crippen LogP contribution in [0.2, 0.25) is 0 Å². The number of nitriles is 1. The van der Waals surface area contributed by atoms with Crippen molar-refractivity contribution < 1.29 is 4.74 Å². The van der Waals surface area contributed by atoms with Crippen LogP contribution in [0.3, 0.4) is 0 Å². The molecular weight excluding hydrogens is 248 g/mol.